The first-order valence-electron chi connectivity index (χ1n) is 3.48. The number of carbonyl (C=O) groups excluding carboxylic acids is 1. The summed E-state index contributed by atoms with van der Waals surface area (Å²) in [5.74, 6) is -0.411. The monoisotopic (exact) mass is 263 g/mol. The lowest BCUT2D eigenvalue weighted by molar-refractivity contribution is 0.0600. The normalized spacial score (nSPS) is 9.77. The summed E-state index contributed by atoms with van der Waals surface area (Å²) in [6.45, 7) is 0. The third-order valence-corrected chi connectivity index (χ3v) is 2.17. The van der Waals surface area contributed by atoms with Crippen molar-refractivity contribution in [2.75, 3.05) is 7.11 Å². The number of hydrogen-bond donors (Lipinski definition) is 0. The summed E-state index contributed by atoms with van der Waals surface area (Å²) in [6, 6.07) is 3.10. The smallest absolute Gasteiger partial charge is 0.338 e. The molecule has 3 nitrogen and oxygen atoms in total. The summed E-state index contributed by atoms with van der Waals surface area (Å²) >= 11 is 8.91. The molecule has 70 valence electrons. The Morgan fingerprint density at radius 1 is 1.69 bits per heavy atom. The zero-order chi connectivity index (χ0) is 9.84. The van der Waals surface area contributed by atoms with Crippen LogP contribution in [0.25, 0.3) is 0 Å². The average Bonchev–Trinajstić information content (AvgIpc) is 2.15. The molecule has 1 aromatic heterocycles. The molecule has 0 spiro atoms. The van der Waals surface area contributed by atoms with Crippen LogP contribution in [0.2, 0.25) is 5.15 Å². The Morgan fingerprint density at radius 2 is 2.38 bits per heavy atom. The summed E-state index contributed by atoms with van der Waals surface area (Å²) in [6.07, 6.45) is 0. The van der Waals surface area contributed by atoms with Gasteiger partial charge < -0.3 is 4.74 Å². The van der Waals surface area contributed by atoms with Crippen LogP contribution in [0.1, 0.15) is 16.1 Å². The number of aromatic nitrogens is 1. The van der Waals surface area contributed by atoms with E-state index in [0.717, 1.165) is 0 Å². The van der Waals surface area contributed by atoms with E-state index in [1.165, 1.54) is 13.2 Å². The highest BCUT2D eigenvalue weighted by Crippen LogP contribution is 2.13. The third-order valence-electron chi connectivity index (χ3n) is 1.41. The molecular formula is C8H7BrClNO2. The zero-order valence-corrected chi connectivity index (χ0v) is 9.22. The van der Waals surface area contributed by atoms with Crippen LogP contribution in [0.15, 0.2) is 12.1 Å². The Balaban J connectivity index is 3.08. The minimum atomic E-state index is -0.411. The highest BCUT2D eigenvalue weighted by Gasteiger charge is 2.08. The van der Waals surface area contributed by atoms with Gasteiger partial charge in [0.1, 0.15) is 5.15 Å². The quantitative estimate of drug-likeness (QED) is 0.468. The van der Waals surface area contributed by atoms with E-state index >= 15 is 0 Å². The Hall–Kier alpha value is -0.610. The SMILES string of the molecule is COC(=O)c1cc(Cl)nc(CBr)c1. The minimum Gasteiger partial charge on any atom is -0.465 e. The molecular weight excluding hydrogens is 257 g/mol. The van der Waals surface area contributed by atoms with Crippen molar-refractivity contribution in [3.63, 3.8) is 0 Å². The Labute approximate surface area is 89.2 Å². The van der Waals surface area contributed by atoms with Crippen molar-refractivity contribution in [1.29, 1.82) is 0 Å². The summed E-state index contributed by atoms with van der Waals surface area (Å²) in [5, 5.41) is 0.842. The molecule has 0 N–H and O–H groups in total. The van der Waals surface area contributed by atoms with Gasteiger partial charge in [0, 0.05) is 5.33 Å². The number of hydrogen-bond acceptors (Lipinski definition) is 3. The van der Waals surface area contributed by atoms with Crippen LogP contribution in [0, 0.1) is 0 Å². The second kappa shape index (κ2) is 4.58. The number of nitrogens with zero attached hydrogens (tertiary/aromatic N) is 1. The van der Waals surface area contributed by atoms with Crippen LogP contribution in [0.4, 0.5) is 0 Å². The fourth-order valence-electron chi connectivity index (χ4n) is 0.855. The molecule has 0 amide bonds. The van der Waals surface area contributed by atoms with Crippen molar-refractivity contribution in [3.8, 4) is 0 Å². The van der Waals surface area contributed by atoms with Gasteiger partial charge in [-0.2, -0.15) is 0 Å². The Morgan fingerprint density at radius 3 is 2.92 bits per heavy atom. The Kier molecular flexibility index (Phi) is 3.69. The number of alkyl halides is 1. The van der Waals surface area contributed by atoms with E-state index in [-0.39, 0.29) is 5.15 Å². The maximum absolute atomic E-state index is 11.1. The van der Waals surface area contributed by atoms with Crippen molar-refractivity contribution in [2.24, 2.45) is 0 Å². The summed E-state index contributed by atoms with van der Waals surface area (Å²) in [4.78, 5) is 15.1. The second-order valence-electron chi connectivity index (χ2n) is 2.30. The molecule has 0 saturated heterocycles. The molecule has 5 heteroatoms. The molecule has 1 aromatic rings. The number of halogens is 2. The standard InChI is InChI=1S/C8H7BrClNO2/c1-13-8(12)5-2-6(4-9)11-7(10)3-5/h2-3H,4H2,1H3. The first kappa shape index (κ1) is 10.5. The lowest BCUT2D eigenvalue weighted by atomic mass is 10.2. The van der Waals surface area contributed by atoms with E-state index in [1.807, 2.05) is 0 Å². The van der Waals surface area contributed by atoms with Crippen LogP contribution >= 0.6 is 27.5 Å². The van der Waals surface area contributed by atoms with Crippen molar-refractivity contribution in [1.82, 2.24) is 4.98 Å². The van der Waals surface area contributed by atoms with Gasteiger partial charge in [-0.05, 0) is 12.1 Å². The number of pyridine rings is 1. The fourth-order valence-corrected chi connectivity index (χ4v) is 1.37. The topological polar surface area (TPSA) is 39.2 Å². The van der Waals surface area contributed by atoms with Crippen molar-refractivity contribution >= 4 is 33.5 Å². The van der Waals surface area contributed by atoms with E-state index < -0.39 is 5.97 Å². The van der Waals surface area contributed by atoms with E-state index in [1.54, 1.807) is 6.07 Å². The van der Waals surface area contributed by atoms with Gasteiger partial charge in [0.2, 0.25) is 0 Å². The molecule has 0 atom stereocenters. The number of esters is 1. The van der Waals surface area contributed by atoms with Gasteiger partial charge in [0.25, 0.3) is 0 Å². The molecule has 13 heavy (non-hydrogen) atoms. The second-order valence-corrected chi connectivity index (χ2v) is 3.24. The van der Waals surface area contributed by atoms with E-state index in [9.17, 15) is 4.79 Å². The summed E-state index contributed by atoms with van der Waals surface area (Å²) in [7, 11) is 1.32. The number of rotatable bonds is 2. The van der Waals surface area contributed by atoms with Gasteiger partial charge in [-0.1, -0.05) is 27.5 Å². The number of ether oxygens (including phenoxy) is 1. The van der Waals surface area contributed by atoms with Crippen LogP contribution in [-0.2, 0) is 10.1 Å². The first-order chi connectivity index (χ1) is 6.17. The third kappa shape index (κ3) is 2.67. The largest absolute Gasteiger partial charge is 0.465 e. The molecule has 0 aromatic carbocycles. The highest BCUT2D eigenvalue weighted by molar-refractivity contribution is 9.08. The zero-order valence-electron chi connectivity index (χ0n) is 6.88. The summed E-state index contributed by atoms with van der Waals surface area (Å²) < 4.78 is 4.55. The maximum atomic E-state index is 11.1. The van der Waals surface area contributed by atoms with Gasteiger partial charge in [-0.25, -0.2) is 9.78 Å². The molecule has 0 aliphatic carbocycles. The molecule has 1 heterocycles. The highest BCUT2D eigenvalue weighted by atomic mass is 79.9. The van der Waals surface area contributed by atoms with Crippen molar-refractivity contribution in [2.45, 2.75) is 5.33 Å². The lowest BCUT2D eigenvalue weighted by Gasteiger charge is -2.01. The fraction of sp³-hybridized carbons (Fsp3) is 0.250. The van der Waals surface area contributed by atoms with Crippen molar-refractivity contribution in [3.05, 3.63) is 28.5 Å². The van der Waals surface area contributed by atoms with Gasteiger partial charge in [-0.3, -0.25) is 0 Å². The van der Waals surface area contributed by atoms with E-state index in [2.05, 4.69) is 25.7 Å². The van der Waals surface area contributed by atoms with E-state index in [0.29, 0.717) is 16.6 Å². The number of methoxy groups -OCH3 is 1. The van der Waals surface area contributed by atoms with E-state index in [4.69, 9.17) is 11.6 Å². The molecule has 0 saturated carbocycles. The van der Waals surface area contributed by atoms with Gasteiger partial charge in [0.15, 0.2) is 0 Å². The predicted molar refractivity (Wildman–Crippen MR) is 53.2 cm³/mol. The van der Waals surface area contributed by atoms with Crippen LogP contribution in [0.5, 0.6) is 0 Å². The van der Waals surface area contributed by atoms with Crippen LogP contribution in [0.3, 0.4) is 0 Å². The molecule has 0 bridgehead atoms. The molecule has 0 fully saturated rings. The van der Waals surface area contributed by atoms with Crippen LogP contribution < -0.4 is 0 Å². The van der Waals surface area contributed by atoms with Gasteiger partial charge in [-0.15, -0.1) is 0 Å². The molecule has 0 aliphatic rings. The predicted octanol–water partition coefficient (Wildman–Crippen LogP) is 2.42. The molecule has 0 unspecified atom stereocenters. The van der Waals surface area contributed by atoms with Gasteiger partial charge in [0.05, 0.1) is 18.4 Å². The minimum absolute atomic E-state index is 0.289. The molecule has 0 aliphatic heterocycles. The maximum Gasteiger partial charge on any atom is 0.338 e. The van der Waals surface area contributed by atoms with Crippen LogP contribution in [-0.4, -0.2) is 18.1 Å². The van der Waals surface area contributed by atoms with Crippen molar-refractivity contribution < 1.29 is 9.53 Å². The summed E-state index contributed by atoms with van der Waals surface area (Å²) in [5.41, 5.74) is 1.12. The first-order valence-corrected chi connectivity index (χ1v) is 4.98. The molecule has 1 rings (SSSR count). The lowest BCUT2D eigenvalue weighted by Crippen LogP contribution is -2.02. The number of carbonyl (C=O) groups is 1. The Bertz CT molecular complexity index is 330. The average molecular weight is 265 g/mol. The molecule has 0 radical (unpaired) electrons. The van der Waals surface area contributed by atoms with Gasteiger partial charge >= 0.3 is 5.97 Å².